The Morgan fingerprint density at radius 3 is 2.40 bits per heavy atom. The van der Waals surface area contributed by atoms with E-state index in [0.29, 0.717) is 6.04 Å². The van der Waals surface area contributed by atoms with E-state index in [1.54, 1.807) is 0 Å². The van der Waals surface area contributed by atoms with E-state index in [1.165, 1.54) is 25.7 Å². The van der Waals surface area contributed by atoms with E-state index in [9.17, 15) is 0 Å². The number of nitrogens with two attached hydrogens (primary N) is 1. The van der Waals surface area contributed by atoms with Crippen molar-refractivity contribution in [1.29, 1.82) is 0 Å². The smallest absolute Gasteiger partial charge is 0.148 e. The highest BCUT2D eigenvalue weighted by molar-refractivity contribution is 5.57. The molecule has 1 aromatic heterocycles. The Morgan fingerprint density at radius 2 is 1.80 bits per heavy atom. The summed E-state index contributed by atoms with van der Waals surface area (Å²) >= 11 is 0. The van der Waals surface area contributed by atoms with E-state index in [-0.39, 0.29) is 0 Å². The lowest BCUT2D eigenvalue weighted by Gasteiger charge is -2.28. The van der Waals surface area contributed by atoms with Crippen LogP contribution in [0.5, 0.6) is 0 Å². The standard InChI is InChI=1S/C15H27N5/c1-4-5-13-18-14(11(3)15(19-13)20-16)17-12-8-6-10(2)7-9-12/h10,12H,4-9,16H2,1-3H3,(H2,17,18,19,20). The number of nitrogens with zero attached hydrogens (tertiary/aromatic N) is 2. The van der Waals surface area contributed by atoms with Gasteiger partial charge in [-0.25, -0.2) is 15.8 Å². The van der Waals surface area contributed by atoms with Crippen molar-refractivity contribution in [2.45, 2.75) is 65.3 Å². The highest BCUT2D eigenvalue weighted by Crippen LogP contribution is 2.27. The first-order valence-electron chi connectivity index (χ1n) is 7.74. The molecule has 112 valence electrons. The van der Waals surface area contributed by atoms with E-state index in [0.717, 1.165) is 41.8 Å². The number of rotatable bonds is 5. The average Bonchev–Trinajstić information content (AvgIpc) is 2.45. The predicted octanol–water partition coefficient (Wildman–Crippen LogP) is 3.01. The minimum atomic E-state index is 0.528. The maximum atomic E-state index is 5.57. The normalized spacial score (nSPS) is 22.6. The zero-order valence-corrected chi connectivity index (χ0v) is 12.9. The van der Waals surface area contributed by atoms with Gasteiger partial charge in [-0.3, -0.25) is 0 Å². The van der Waals surface area contributed by atoms with Crippen molar-refractivity contribution in [3.05, 3.63) is 11.4 Å². The van der Waals surface area contributed by atoms with Gasteiger partial charge < -0.3 is 10.7 Å². The van der Waals surface area contributed by atoms with E-state index < -0.39 is 0 Å². The van der Waals surface area contributed by atoms with Gasteiger partial charge in [0.25, 0.3) is 0 Å². The zero-order valence-electron chi connectivity index (χ0n) is 12.9. The van der Waals surface area contributed by atoms with E-state index in [2.05, 4.69) is 34.6 Å². The molecule has 4 N–H and O–H groups in total. The molecule has 1 saturated carbocycles. The summed E-state index contributed by atoms with van der Waals surface area (Å²) in [6.07, 6.45) is 6.95. The quantitative estimate of drug-likeness (QED) is 0.570. The summed E-state index contributed by atoms with van der Waals surface area (Å²) in [6, 6.07) is 0.528. The lowest BCUT2D eigenvalue weighted by Crippen LogP contribution is -2.27. The zero-order chi connectivity index (χ0) is 14.5. The van der Waals surface area contributed by atoms with Crippen LogP contribution in [-0.4, -0.2) is 16.0 Å². The minimum absolute atomic E-state index is 0.528. The van der Waals surface area contributed by atoms with Crippen molar-refractivity contribution in [2.24, 2.45) is 11.8 Å². The van der Waals surface area contributed by atoms with Gasteiger partial charge in [0.05, 0.1) is 0 Å². The van der Waals surface area contributed by atoms with Crippen molar-refractivity contribution in [3.63, 3.8) is 0 Å². The number of hydrogen-bond acceptors (Lipinski definition) is 5. The van der Waals surface area contributed by atoms with Gasteiger partial charge in [-0.05, 0) is 44.9 Å². The molecular weight excluding hydrogens is 250 g/mol. The first-order valence-corrected chi connectivity index (χ1v) is 7.74. The second-order valence-electron chi connectivity index (χ2n) is 5.96. The van der Waals surface area contributed by atoms with Crippen LogP contribution in [0.2, 0.25) is 0 Å². The molecule has 1 aliphatic rings. The molecule has 2 rings (SSSR count). The van der Waals surface area contributed by atoms with Gasteiger partial charge in [-0.15, -0.1) is 0 Å². The molecule has 0 amide bonds. The van der Waals surface area contributed by atoms with Crippen LogP contribution in [0.4, 0.5) is 11.6 Å². The van der Waals surface area contributed by atoms with Crippen molar-refractivity contribution in [2.75, 3.05) is 10.7 Å². The van der Waals surface area contributed by atoms with Crippen LogP contribution in [0.1, 0.15) is 57.3 Å². The van der Waals surface area contributed by atoms with E-state index >= 15 is 0 Å². The second-order valence-corrected chi connectivity index (χ2v) is 5.96. The van der Waals surface area contributed by atoms with Gasteiger partial charge in [-0.2, -0.15) is 0 Å². The SMILES string of the molecule is CCCc1nc(NN)c(C)c(NC2CCC(C)CC2)n1. The largest absolute Gasteiger partial charge is 0.367 e. The number of nitrogens with one attached hydrogen (secondary N) is 2. The Balaban J connectivity index is 2.14. The van der Waals surface area contributed by atoms with Crippen molar-refractivity contribution in [1.82, 2.24) is 9.97 Å². The maximum absolute atomic E-state index is 5.57. The third-order valence-electron chi connectivity index (χ3n) is 4.16. The number of hydrogen-bond donors (Lipinski definition) is 3. The Kier molecular flexibility index (Phi) is 5.17. The molecule has 1 fully saturated rings. The molecule has 5 nitrogen and oxygen atoms in total. The van der Waals surface area contributed by atoms with Crippen LogP contribution in [0, 0.1) is 12.8 Å². The van der Waals surface area contributed by atoms with Gasteiger partial charge in [0.2, 0.25) is 0 Å². The first-order chi connectivity index (χ1) is 9.63. The number of nitrogen functional groups attached to an aromatic ring is 1. The first kappa shape index (κ1) is 15.0. The maximum Gasteiger partial charge on any atom is 0.148 e. The fraction of sp³-hybridized carbons (Fsp3) is 0.733. The summed E-state index contributed by atoms with van der Waals surface area (Å²) in [5.74, 6) is 8.96. The molecule has 5 heteroatoms. The molecule has 0 spiro atoms. The lowest BCUT2D eigenvalue weighted by molar-refractivity contribution is 0.360. The Labute approximate surface area is 121 Å². The third kappa shape index (κ3) is 3.60. The topological polar surface area (TPSA) is 75.9 Å². The van der Waals surface area contributed by atoms with Gasteiger partial charge in [0, 0.05) is 18.0 Å². The fourth-order valence-corrected chi connectivity index (χ4v) is 2.78. The van der Waals surface area contributed by atoms with Crippen molar-refractivity contribution < 1.29 is 0 Å². The predicted molar refractivity (Wildman–Crippen MR) is 83.6 cm³/mol. The summed E-state index contributed by atoms with van der Waals surface area (Å²) in [4.78, 5) is 9.13. The van der Waals surface area contributed by atoms with E-state index in [1.807, 2.05) is 6.92 Å². The highest BCUT2D eigenvalue weighted by atomic mass is 15.3. The molecular formula is C15H27N5. The number of aromatic nitrogens is 2. The molecule has 0 atom stereocenters. The lowest BCUT2D eigenvalue weighted by atomic mass is 9.87. The Bertz CT molecular complexity index is 438. The summed E-state index contributed by atoms with van der Waals surface area (Å²) in [5, 5.41) is 3.60. The molecule has 1 aliphatic carbocycles. The van der Waals surface area contributed by atoms with Crippen LogP contribution >= 0.6 is 0 Å². The summed E-state index contributed by atoms with van der Waals surface area (Å²) < 4.78 is 0. The molecule has 1 aromatic rings. The molecule has 0 saturated heterocycles. The molecule has 0 radical (unpaired) electrons. The second kappa shape index (κ2) is 6.88. The van der Waals surface area contributed by atoms with Crippen molar-refractivity contribution in [3.8, 4) is 0 Å². The number of hydrazine groups is 1. The minimum Gasteiger partial charge on any atom is -0.367 e. The Hall–Kier alpha value is -1.36. The van der Waals surface area contributed by atoms with Crippen LogP contribution in [0.3, 0.4) is 0 Å². The third-order valence-corrected chi connectivity index (χ3v) is 4.16. The molecule has 20 heavy (non-hydrogen) atoms. The number of aryl methyl sites for hydroxylation is 1. The van der Waals surface area contributed by atoms with Crippen LogP contribution in [0.25, 0.3) is 0 Å². The molecule has 0 bridgehead atoms. The van der Waals surface area contributed by atoms with Gasteiger partial charge >= 0.3 is 0 Å². The summed E-state index contributed by atoms with van der Waals surface area (Å²) in [5.41, 5.74) is 3.69. The average molecular weight is 277 g/mol. The Morgan fingerprint density at radius 1 is 1.15 bits per heavy atom. The van der Waals surface area contributed by atoms with Gasteiger partial charge in [0.15, 0.2) is 0 Å². The van der Waals surface area contributed by atoms with Crippen LogP contribution in [0.15, 0.2) is 0 Å². The van der Waals surface area contributed by atoms with Crippen LogP contribution < -0.4 is 16.6 Å². The highest BCUT2D eigenvalue weighted by Gasteiger charge is 2.20. The molecule has 0 unspecified atom stereocenters. The molecule has 0 aliphatic heterocycles. The van der Waals surface area contributed by atoms with Crippen molar-refractivity contribution >= 4 is 11.6 Å². The van der Waals surface area contributed by atoms with Gasteiger partial charge in [0.1, 0.15) is 17.5 Å². The summed E-state index contributed by atoms with van der Waals surface area (Å²) in [6.45, 7) is 6.48. The van der Waals surface area contributed by atoms with Crippen LogP contribution in [-0.2, 0) is 6.42 Å². The molecule has 0 aromatic carbocycles. The van der Waals surface area contributed by atoms with E-state index in [4.69, 9.17) is 5.84 Å². The molecule has 1 heterocycles. The fourth-order valence-electron chi connectivity index (χ4n) is 2.78. The monoisotopic (exact) mass is 277 g/mol. The van der Waals surface area contributed by atoms with Gasteiger partial charge in [-0.1, -0.05) is 13.8 Å². The summed E-state index contributed by atoms with van der Waals surface area (Å²) in [7, 11) is 0. The number of anilines is 2.